The number of nitriles is 1. The zero-order chi connectivity index (χ0) is 20.3. The van der Waals surface area contributed by atoms with Crippen molar-refractivity contribution in [3.05, 3.63) is 52.0 Å². The van der Waals surface area contributed by atoms with Crippen molar-refractivity contribution in [2.24, 2.45) is 0 Å². The molecule has 0 saturated carbocycles. The van der Waals surface area contributed by atoms with Crippen molar-refractivity contribution >= 4 is 56.2 Å². The molecule has 2 aromatic carbocycles. The van der Waals surface area contributed by atoms with E-state index in [1.165, 1.54) is 16.4 Å². The van der Waals surface area contributed by atoms with E-state index < -0.39 is 10.0 Å². The van der Waals surface area contributed by atoms with Gasteiger partial charge in [-0.15, -0.1) is 0 Å². The minimum atomic E-state index is -3.30. The molecule has 10 heteroatoms. The molecule has 1 amide bonds. The zero-order valence-electron chi connectivity index (χ0n) is 14.6. The van der Waals surface area contributed by atoms with Crippen molar-refractivity contribution in [3.63, 3.8) is 0 Å². The van der Waals surface area contributed by atoms with Gasteiger partial charge in [-0.3, -0.25) is 9.10 Å². The molecule has 7 nitrogen and oxygen atoms in total. The lowest BCUT2D eigenvalue weighted by Crippen LogP contribution is -2.25. The van der Waals surface area contributed by atoms with E-state index in [0.717, 1.165) is 0 Å². The summed E-state index contributed by atoms with van der Waals surface area (Å²) in [6.45, 7) is 0.330. The van der Waals surface area contributed by atoms with Gasteiger partial charge >= 0.3 is 0 Å². The van der Waals surface area contributed by atoms with Crippen LogP contribution in [0.15, 0.2) is 36.4 Å². The van der Waals surface area contributed by atoms with Crippen molar-refractivity contribution in [1.29, 1.82) is 5.26 Å². The Labute approximate surface area is 172 Å². The Morgan fingerprint density at radius 2 is 1.96 bits per heavy atom. The molecule has 0 unspecified atom stereocenters. The van der Waals surface area contributed by atoms with Gasteiger partial charge in [-0.1, -0.05) is 23.2 Å². The molecule has 0 aliphatic carbocycles. The van der Waals surface area contributed by atoms with Crippen LogP contribution < -0.4 is 14.9 Å². The first kappa shape index (κ1) is 20.3. The van der Waals surface area contributed by atoms with Gasteiger partial charge in [0.05, 0.1) is 39.3 Å². The number of amides is 1. The van der Waals surface area contributed by atoms with Gasteiger partial charge < -0.3 is 10.6 Å². The minimum absolute atomic E-state index is 0.0897. The third kappa shape index (κ3) is 4.50. The summed E-state index contributed by atoms with van der Waals surface area (Å²) in [5.74, 6) is -0.232. The predicted octanol–water partition coefficient (Wildman–Crippen LogP) is 3.46. The van der Waals surface area contributed by atoms with Gasteiger partial charge in [-0.05, 0) is 42.8 Å². The van der Waals surface area contributed by atoms with E-state index >= 15 is 0 Å². The number of carbonyl (C=O) groups is 1. The highest BCUT2D eigenvalue weighted by Crippen LogP contribution is 2.31. The number of sulfonamides is 1. The van der Waals surface area contributed by atoms with E-state index in [1.807, 2.05) is 6.07 Å². The third-order valence-corrected chi connectivity index (χ3v) is 6.66. The second-order valence-corrected chi connectivity index (χ2v) is 8.94. The Morgan fingerprint density at radius 1 is 1.18 bits per heavy atom. The predicted molar refractivity (Wildman–Crippen MR) is 110 cm³/mol. The highest BCUT2D eigenvalue weighted by Gasteiger charge is 2.28. The van der Waals surface area contributed by atoms with Gasteiger partial charge in [0.25, 0.3) is 0 Å². The molecular weight excluding hydrogens is 423 g/mol. The number of anilines is 3. The van der Waals surface area contributed by atoms with Crippen LogP contribution in [-0.2, 0) is 14.8 Å². The van der Waals surface area contributed by atoms with E-state index in [4.69, 9.17) is 28.5 Å². The monoisotopic (exact) mass is 438 g/mol. The zero-order valence-corrected chi connectivity index (χ0v) is 16.9. The summed E-state index contributed by atoms with van der Waals surface area (Å²) in [7, 11) is -3.30. The first-order chi connectivity index (χ1) is 13.3. The number of carbonyl (C=O) groups excluding carboxylic acids is 1. The standard InChI is InChI=1S/C18H16Cl2N4O3S/c19-15-5-4-14(24-6-1-7-28(24,26)27)9-17(15)22-11-18(25)23-13-3-2-12(10-21)16(20)8-13/h2-5,8-9,22H,1,6-7,11H2,(H,23,25). The average molecular weight is 439 g/mol. The van der Waals surface area contributed by atoms with E-state index in [2.05, 4.69) is 10.6 Å². The molecule has 0 spiro atoms. The van der Waals surface area contributed by atoms with E-state index in [1.54, 1.807) is 24.3 Å². The average Bonchev–Trinajstić information content (AvgIpc) is 3.00. The van der Waals surface area contributed by atoms with Crippen LogP contribution in [0, 0.1) is 11.3 Å². The van der Waals surface area contributed by atoms with Crippen LogP contribution in [-0.4, -0.2) is 33.2 Å². The third-order valence-electron chi connectivity index (χ3n) is 4.15. The maximum absolute atomic E-state index is 12.2. The summed E-state index contributed by atoms with van der Waals surface area (Å²) < 4.78 is 25.5. The maximum Gasteiger partial charge on any atom is 0.243 e. The van der Waals surface area contributed by atoms with Gasteiger partial charge in [0.15, 0.2) is 0 Å². The van der Waals surface area contributed by atoms with Crippen molar-refractivity contribution < 1.29 is 13.2 Å². The molecule has 3 rings (SSSR count). The van der Waals surface area contributed by atoms with E-state index in [0.29, 0.717) is 40.6 Å². The Bertz CT molecular complexity index is 1070. The summed E-state index contributed by atoms with van der Waals surface area (Å²) in [5, 5.41) is 15.1. The number of hydrogen-bond donors (Lipinski definition) is 2. The SMILES string of the molecule is N#Cc1ccc(NC(=O)CNc2cc(N3CCCS3(=O)=O)ccc2Cl)cc1Cl. The number of nitrogens with one attached hydrogen (secondary N) is 2. The van der Waals surface area contributed by atoms with E-state index in [-0.39, 0.29) is 23.2 Å². The van der Waals surface area contributed by atoms with Gasteiger partial charge in [0.1, 0.15) is 6.07 Å². The molecule has 1 heterocycles. The first-order valence-corrected chi connectivity index (χ1v) is 10.7. The van der Waals surface area contributed by atoms with Crippen LogP contribution in [0.2, 0.25) is 10.0 Å². The number of nitrogens with zero attached hydrogens (tertiary/aromatic N) is 2. The van der Waals surface area contributed by atoms with Gasteiger partial charge in [-0.25, -0.2) is 8.42 Å². The molecule has 0 atom stereocenters. The van der Waals surface area contributed by atoms with Crippen molar-refractivity contribution in [2.75, 3.05) is 33.8 Å². The fraction of sp³-hybridized carbons (Fsp3) is 0.222. The van der Waals surface area contributed by atoms with Crippen LogP contribution in [0.5, 0.6) is 0 Å². The summed E-state index contributed by atoms with van der Waals surface area (Å²) >= 11 is 12.1. The Morgan fingerprint density at radius 3 is 2.61 bits per heavy atom. The molecular formula is C18H16Cl2N4O3S. The smallest absolute Gasteiger partial charge is 0.243 e. The minimum Gasteiger partial charge on any atom is -0.375 e. The quantitative estimate of drug-likeness (QED) is 0.743. The normalized spacial score (nSPS) is 15.1. The highest BCUT2D eigenvalue weighted by atomic mass is 35.5. The van der Waals surface area contributed by atoms with E-state index in [9.17, 15) is 13.2 Å². The van der Waals surface area contributed by atoms with Gasteiger partial charge in [0.2, 0.25) is 15.9 Å². The van der Waals surface area contributed by atoms with Gasteiger partial charge in [-0.2, -0.15) is 5.26 Å². The molecule has 2 N–H and O–H groups in total. The molecule has 0 radical (unpaired) electrons. The molecule has 1 saturated heterocycles. The first-order valence-electron chi connectivity index (χ1n) is 8.33. The molecule has 1 aliphatic rings. The van der Waals surface area contributed by atoms with Crippen LogP contribution in [0.1, 0.15) is 12.0 Å². The molecule has 1 aliphatic heterocycles. The van der Waals surface area contributed by atoms with Crippen LogP contribution in [0.25, 0.3) is 0 Å². The second kappa shape index (κ2) is 8.27. The topological polar surface area (TPSA) is 102 Å². The van der Waals surface area contributed by atoms with Crippen LogP contribution in [0.4, 0.5) is 17.1 Å². The number of hydrogen-bond acceptors (Lipinski definition) is 5. The summed E-state index contributed by atoms with van der Waals surface area (Å²) in [6.07, 6.45) is 0.573. The fourth-order valence-electron chi connectivity index (χ4n) is 2.80. The van der Waals surface area contributed by atoms with Crippen molar-refractivity contribution in [3.8, 4) is 6.07 Å². The molecule has 1 fully saturated rings. The second-order valence-electron chi connectivity index (χ2n) is 6.11. The summed E-state index contributed by atoms with van der Waals surface area (Å²) in [5.41, 5.74) is 1.73. The maximum atomic E-state index is 12.2. The molecule has 0 aromatic heterocycles. The van der Waals surface area contributed by atoms with Crippen molar-refractivity contribution in [2.45, 2.75) is 6.42 Å². The lowest BCUT2D eigenvalue weighted by molar-refractivity contribution is -0.114. The fourth-order valence-corrected chi connectivity index (χ4v) is 4.76. The van der Waals surface area contributed by atoms with Crippen LogP contribution in [0.3, 0.4) is 0 Å². The largest absolute Gasteiger partial charge is 0.375 e. The lowest BCUT2D eigenvalue weighted by Gasteiger charge is -2.18. The highest BCUT2D eigenvalue weighted by molar-refractivity contribution is 7.93. The Kier molecular flexibility index (Phi) is 5.98. The van der Waals surface area contributed by atoms with Crippen molar-refractivity contribution in [1.82, 2.24) is 0 Å². The number of rotatable bonds is 5. The Hall–Kier alpha value is -2.47. The molecule has 28 heavy (non-hydrogen) atoms. The molecule has 146 valence electrons. The summed E-state index contributed by atoms with van der Waals surface area (Å²) in [6, 6.07) is 11.4. The Balaban J connectivity index is 1.67. The summed E-state index contributed by atoms with van der Waals surface area (Å²) in [4.78, 5) is 12.2. The lowest BCUT2D eigenvalue weighted by atomic mass is 10.2. The molecule has 2 aromatic rings. The van der Waals surface area contributed by atoms with Crippen LogP contribution >= 0.6 is 23.2 Å². The van der Waals surface area contributed by atoms with Gasteiger partial charge in [0, 0.05) is 12.2 Å². The number of benzene rings is 2. The molecule has 0 bridgehead atoms. The number of halogens is 2.